The van der Waals surface area contributed by atoms with Gasteiger partial charge in [-0.15, -0.1) is 0 Å². The van der Waals surface area contributed by atoms with Gasteiger partial charge in [-0.2, -0.15) is 0 Å². The lowest BCUT2D eigenvalue weighted by Gasteiger charge is -2.53. The Labute approximate surface area is 443 Å². The van der Waals surface area contributed by atoms with Gasteiger partial charge in [-0.1, -0.05) is 0 Å². The highest BCUT2D eigenvalue weighted by atomic mass is 16.8. The number of hydrogen-bond acceptors (Lipinski definition) is 35. The largest absolute Gasteiger partial charge is 0.477 e. The summed E-state index contributed by atoms with van der Waals surface area (Å²) in [6.45, 7) is -7.40. The van der Waals surface area contributed by atoms with Crippen molar-refractivity contribution in [2.45, 2.75) is 208 Å². The van der Waals surface area contributed by atoms with Crippen LogP contribution in [0.5, 0.6) is 0 Å². The molecule has 24 N–H and O–H groups in total. The van der Waals surface area contributed by atoms with Crippen LogP contribution in [0.3, 0.4) is 0 Å². The van der Waals surface area contributed by atoms with E-state index < -0.39 is 260 Å². The van der Waals surface area contributed by atoms with Gasteiger partial charge in [-0.05, 0) is 0 Å². The molecular formula is C42H70O37. The highest BCUT2D eigenvalue weighted by Gasteiger charge is 2.63. The van der Waals surface area contributed by atoms with Crippen LogP contribution in [0.1, 0.15) is 12.8 Å². The highest BCUT2D eigenvalue weighted by molar-refractivity contribution is 5.76. The van der Waals surface area contributed by atoms with Crippen LogP contribution in [0, 0.1) is 0 Å². The summed E-state index contributed by atoms with van der Waals surface area (Å²) in [5.41, 5.74) is 0. The van der Waals surface area contributed by atoms with Gasteiger partial charge < -0.3 is 175 Å². The van der Waals surface area contributed by atoms with E-state index in [4.69, 9.17) is 52.1 Å². The van der Waals surface area contributed by atoms with Gasteiger partial charge in [-0.3, -0.25) is 0 Å². The van der Waals surface area contributed by atoms with Gasteiger partial charge in [0.15, 0.2) is 25.2 Å². The van der Waals surface area contributed by atoms with Crippen molar-refractivity contribution in [2.75, 3.05) is 39.6 Å². The third kappa shape index (κ3) is 13.4. The van der Waals surface area contributed by atoms with Crippen LogP contribution in [0.15, 0.2) is 0 Å². The van der Waals surface area contributed by atoms with Crippen molar-refractivity contribution < 1.29 is 184 Å². The Hall–Kier alpha value is -2.38. The minimum atomic E-state index is -3.57. The summed E-state index contributed by atoms with van der Waals surface area (Å²) in [4.78, 5) is 25.7. The van der Waals surface area contributed by atoms with E-state index in [9.17, 15) is 132 Å². The minimum absolute atomic E-state index is 1.01. The first kappa shape index (κ1) is 65.8. The molecule has 32 atom stereocenters. The first-order valence-electron chi connectivity index (χ1n) is 24.4. The lowest BCUT2D eigenvalue weighted by atomic mass is 9.89. The normalized spacial score (nSPS) is 48.6. The number of rotatable bonds is 22. The van der Waals surface area contributed by atoms with Crippen LogP contribution in [-0.4, -0.2) is 370 Å². The molecule has 6 aliphatic rings. The van der Waals surface area contributed by atoms with E-state index in [1.165, 1.54) is 0 Å². The third-order valence-electron chi connectivity index (χ3n) is 14.3. The van der Waals surface area contributed by atoms with Crippen LogP contribution in [0.4, 0.5) is 0 Å². The molecule has 0 bridgehead atoms. The molecule has 6 heterocycles. The Morgan fingerprint density at radius 2 is 0.848 bits per heavy atom. The molecule has 6 fully saturated rings. The van der Waals surface area contributed by atoms with E-state index in [1.807, 2.05) is 0 Å². The molecule has 0 amide bonds. The predicted octanol–water partition coefficient (Wildman–Crippen LogP) is -15.7. The number of carboxylic acid groups (broad SMARTS) is 2. The van der Waals surface area contributed by atoms with Crippen molar-refractivity contribution in [1.82, 2.24) is 0 Å². The molecule has 0 radical (unpaired) electrons. The molecule has 460 valence electrons. The maximum atomic E-state index is 13.1. The Balaban J connectivity index is 1.47. The highest BCUT2D eigenvalue weighted by Crippen LogP contribution is 2.43. The number of aliphatic carboxylic acids is 2. The smallest absolute Gasteiger partial charge is 0.364 e. The van der Waals surface area contributed by atoms with Gasteiger partial charge in [0.25, 0.3) is 11.6 Å². The molecule has 0 aromatic rings. The van der Waals surface area contributed by atoms with Crippen LogP contribution >= 0.6 is 0 Å². The van der Waals surface area contributed by atoms with Crippen LogP contribution in [0.25, 0.3) is 0 Å². The van der Waals surface area contributed by atoms with Crippen molar-refractivity contribution in [2.24, 2.45) is 0 Å². The second-order valence-corrected chi connectivity index (χ2v) is 19.6. The summed E-state index contributed by atoms with van der Waals surface area (Å²) < 4.78 is 62.4. The molecule has 6 aliphatic heterocycles. The van der Waals surface area contributed by atoms with Crippen molar-refractivity contribution in [3.05, 3.63) is 0 Å². The second kappa shape index (κ2) is 27.1. The van der Waals surface area contributed by atoms with Gasteiger partial charge in [0, 0.05) is 12.8 Å². The molecule has 6 saturated heterocycles. The van der Waals surface area contributed by atoms with Gasteiger partial charge in [-0.25, -0.2) is 9.59 Å². The van der Waals surface area contributed by atoms with E-state index in [0.29, 0.717) is 0 Å². The average molecular weight is 1170 g/mol. The SMILES string of the molecule is O=C(O)[C@@]1(O[C@@H]2C[C@](O)(C(=O)O)O[C@H]([C@H](O)CO)[C@@H]2O[C@H]2O[C@H]([C@@H](O)CO)[C@@H](O[C@@H]3O[C@H](CO)[C@@H](O)[C@H](O)[C@H]3O)[C@H](O[C@H]3O[C@H]([C@@H](O)CO)[C@@H](O)[C@H](O[C@@H]4O[C@H](CO)[C@H](O)[C@H](O)[C@H]4O)[C@@H]3O)[C@@H]2O)C[C@@H](O)[C@@H](O)[C@@H]([C@H](O)CO)O1. The van der Waals surface area contributed by atoms with Crippen molar-refractivity contribution in [3.63, 3.8) is 0 Å². The van der Waals surface area contributed by atoms with E-state index in [0.717, 1.165) is 0 Å². The Bertz CT molecular complexity index is 1940. The number of ether oxygens (including phenoxy) is 11. The van der Waals surface area contributed by atoms with Crippen molar-refractivity contribution >= 4 is 11.9 Å². The maximum Gasteiger partial charge on any atom is 0.364 e. The van der Waals surface area contributed by atoms with Crippen LogP contribution in [-0.2, 0) is 61.7 Å². The van der Waals surface area contributed by atoms with E-state index in [1.54, 1.807) is 0 Å². The molecule has 37 heteroatoms. The summed E-state index contributed by atoms with van der Waals surface area (Å²) in [6.07, 6.45) is -71.4. The van der Waals surface area contributed by atoms with E-state index in [2.05, 4.69) is 0 Å². The number of aliphatic hydroxyl groups excluding tert-OH is 21. The molecular weight excluding hydrogens is 1100 g/mol. The molecule has 0 unspecified atom stereocenters. The fourth-order valence-electron chi connectivity index (χ4n) is 9.85. The average Bonchev–Trinajstić information content (AvgIpc) is 3.58. The fraction of sp³-hybridized carbons (Fsp3) is 0.952. The molecule has 0 aromatic carbocycles. The monoisotopic (exact) mass is 1170 g/mol. The van der Waals surface area contributed by atoms with E-state index >= 15 is 0 Å². The van der Waals surface area contributed by atoms with Crippen molar-refractivity contribution in [1.29, 1.82) is 0 Å². The Morgan fingerprint density at radius 3 is 1.33 bits per heavy atom. The van der Waals surface area contributed by atoms with Crippen molar-refractivity contribution in [3.8, 4) is 0 Å². The zero-order chi connectivity index (χ0) is 58.9. The summed E-state index contributed by atoms with van der Waals surface area (Å²) in [5.74, 6) is -11.4. The predicted molar refractivity (Wildman–Crippen MR) is 234 cm³/mol. The quantitative estimate of drug-likeness (QED) is 0.0479. The van der Waals surface area contributed by atoms with Crippen LogP contribution < -0.4 is 0 Å². The number of hydrogen-bond donors (Lipinski definition) is 24. The molecule has 37 nitrogen and oxygen atoms in total. The first-order valence-corrected chi connectivity index (χ1v) is 24.4. The molecule has 0 spiro atoms. The van der Waals surface area contributed by atoms with Crippen LogP contribution in [0.2, 0.25) is 0 Å². The number of carboxylic acids is 2. The standard InChI is InChI=1S/C42H70O37/c43-3-10(50)27-24(61)32(74-35-22(59)20(57)18(55)15(7-47)69-35)25(62)37(71-27)75-33-26(63)38(72-29(12(52)5-45)34(33)76-36-23(60)21(58)19(56)16(8-48)70-36)73-31-14(2-41(68,39(64)65)78-30(31)13(53)6-46)77-42(40(66)67)1-9(49)17(54)28(79-42)11(51)4-44/h9-38,43-63,68H,1-8H2,(H,64,65)(H,66,67)/t9-,10+,11-,12+,13-,14-,15-,16-,17-,18+,19-,20+,21+,22-,23-,24-,25+,26+,27-,28-,29-,30-,31-,32+,33-,34-,35+,36+,37-,38-,41-,42-/m1/s1. The maximum absolute atomic E-state index is 13.1. The van der Waals surface area contributed by atoms with Gasteiger partial charge in [0.05, 0.1) is 51.8 Å². The second-order valence-electron chi connectivity index (χ2n) is 19.6. The lowest BCUT2D eigenvalue weighted by molar-refractivity contribution is -0.416. The molecule has 0 saturated carbocycles. The Morgan fingerprint density at radius 1 is 0.430 bits per heavy atom. The number of carbonyl (C=O) groups is 2. The van der Waals surface area contributed by atoms with E-state index in [-0.39, 0.29) is 0 Å². The molecule has 0 aromatic heterocycles. The summed E-state index contributed by atoms with van der Waals surface area (Å²) in [5, 5.41) is 257. The van der Waals surface area contributed by atoms with Gasteiger partial charge in [0.1, 0.15) is 146 Å². The fourth-order valence-corrected chi connectivity index (χ4v) is 9.85. The Kier molecular flexibility index (Phi) is 22.6. The third-order valence-corrected chi connectivity index (χ3v) is 14.3. The topological polar surface area (TPSA) is 621 Å². The zero-order valence-corrected chi connectivity index (χ0v) is 41.0. The lowest BCUT2D eigenvalue weighted by Crippen LogP contribution is -2.71. The summed E-state index contributed by atoms with van der Waals surface area (Å²) >= 11 is 0. The molecule has 6 rings (SSSR count). The zero-order valence-electron chi connectivity index (χ0n) is 41.0. The number of aliphatic hydroxyl groups is 22. The molecule has 0 aliphatic carbocycles. The van der Waals surface area contributed by atoms with Gasteiger partial charge >= 0.3 is 11.9 Å². The molecule has 79 heavy (non-hydrogen) atoms. The van der Waals surface area contributed by atoms with Gasteiger partial charge in [0.2, 0.25) is 0 Å². The summed E-state index contributed by atoms with van der Waals surface area (Å²) in [7, 11) is 0. The summed E-state index contributed by atoms with van der Waals surface area (Å²) in [6, 6.07) is 0. The minimum Gasteiger partial charge on any atom is -0.477 e. The first-order chi connectivity index (χ1) is 37.1.